The number of piperidine rings is 1. The summed E-state index contributed by atoms with van der Waals surface area (Å²) in [4.78, 5) is 14.0. The lowest BCUT2D eigenvalue weighted by Gasteiger charge is -2.31. The van der Waals surface area contributed by atoms with Crippen LogP contribution in [0.4, 0.5) is 0 Å². The Morgan fingerprint density at radius 3 is 2.59 bits per heavy atom. The van der Waals surface area contributed by atoms with Crippen molar-refractivity contribution in [2.75, 3.05) is 26.8 Å². The number of hydrogen-bond acceptors (Lipinski definition) is 5. The third-order valence-electron chi connectivity index (χ3n) is 5.24. The first kappa shape index (κ1) is 21.5. The number of benzene rings is 1. The van der Waals surface area contributed by atoms with Gasteiger partial charge < -0.3 is 9.47 Å². The summed E-state index contributed by atoms with van der Waals surface area (Å²) in [6.07, 6.45) is 7.82. The van der Waals surface area contributed by atoms with Gasteiger partial charge in [0.15, 0.2) is 11.5 Å². The summed E-state index contributed by atoms with van der Waals surface area (Å²) < 4.78 is 11.4. The first-order valence-electron chi connectivity index (χ1n) is 10.2. The number of nitrogens with two attached hydrogens (primary N) is 1. The van der Waals surface area contributed by atoms with Crippen LogP contribution in [0.25, 0.3) is 0 Å². The molecule has 0 bridgehead atoms. The Morgan fingerprint density at radius 2 is 1.93 bits per heavy atom. The molecule has 2 rings (SSSR count). The fraction of sp³-hybridized carbons (Fsp3) is 0.667. The molecule has 1 heterocycles. The molecule has 0 aliphatic carbocycles. The van der Waals surface area contributed by atoms with Gasteiger partial charge in [-0.15, -0.1) is 0 Å². The zero-order valence-corrected chi connectivity index (χ0v) is 16.8. The molecule has 1 saturated heterocycles. The van der Waals surface area contributed by atoms with E-state index in [1.807, 2.05) is 6.07 Å². The van der Waals surface area contributed by atoms with Crippen molar-refractivity contribution in [1.29, 1.82) is 0 Å². The van der Waals surface area contributed by atoms with E-state index in [1.165, 1.54) is 31.2 Å². The zero-order valence-electron chi connectivity index (χ0n) is 16.8. The largest absolute Gasteiger partial charge is 0.493 e. The topological polar surface area (TPSA) is 76.8 Å². The Kier molecular flexibility index (Phi) is 9.42. The molecule has 27 heavy (non-hydrogen) atoms. The molecule has 1 aromatic rings. The van der Waals surface area contributed by atoms with Crippen LogP contribution in [0.2, 0.25) is 0 Å². The smallest absolute Gasteiger partial charge is 0.237 e. The fourth-order valence-electron chi connectivity index (χ4n) is 3.55. The number of ether oxygens (including phenoxy) is 2. The highest BCUT2D eigenvalue weighted by atomic mass is 16.5. The van der Waals surface area contributed by atoms with Crippen molar-refractivity contribution in [3.8, 4) is 11.5 Å². The van der Waals surface area contributed by atoms with E-state index in [1.54, 1.807) is 7.11 Å². The summed E-state index contributed by atoms with van der Waals surface area (Å²) in [6.45, 7) is 5.61. The highest BCUT2D eigenvalue weighted by molar-refractivity contribution is 5.78. The number of hydrogen-bond donors (Lipinski definition) is 2. The van der Waals surface area contributed by atoms with E-state index >= 15 is 0 Å². The molecule has 1 fully saturated rings. The van der Waals surface area contributed by atoms with Crippen LogP contribution >= 0.6 is 0 Å². The van der Waals surface area contributed by atoms with Gasteiger partial charge in [0, 0.05) is 12.5 Å². The number of nitrogens with zero attached hydrogens (tertiary/aromatic N) is 1. The average molecular weight is 378 g/mol. The van der Waals surface area contributed by atoms with Crippen LogP contribution in [0.5, 0.6) is 11.5 Å². The normalized spacial score (nSPS) is 15.5. The lowest BCUT2D eigenvalue weighted by molar-refractivity contribution is -0.126. The summed E-state index contributed by atoms with van der Waals surface area (Å²) in [7, 11) is 1.68. The third-order valence-corrected chi connectivity index (χ3v) is 5.24. The minimum atomic E-state index is -0.0486. The Balaban J connectivity index is 1.80. The molecule has 6 heteroatoms. The molecule has 0 unspecified atom stereocenters. The van der Waals surface area contributed by atoms with Crippen LogP contribution in [0.1, 0.15) is 57.4 Å². The Labute approximate surface area is 163 Å². The third kappa shape index (κ3) is 7.03. The number of hydrazine groups is 1. The second kappa shape index (κ2) is 11.8. The minimum Gasteiger partial charge on any atom is -0.493 e. The van der Waals surface area contributed by atoms with Gasteiger partial charge in [-0.2, -0.15) is 0 Å². The van der Waals surface area contributed by atoms with Gasteiger partial charge in [0.05, 0.1) is 13.7 Å². The predicted molar refractivity (Wildman–Crippen MR) is 108 cm³/mol. The van der Waals surface area contributed by atoms with Crippen molar-refractivity contribution in [2.24, 2.45) is 11.8 Å². The number of nitrogens with one attached hydrogen (secondary N) is 1. The molecule has 1 aliphatic heterocycles. The van der Waals surface area contributed by atoms with E-state index in [0.29, 0.717) is 0 Å². The highest BCUT2D eigenvalue weighted by Crippen LogP contribution is 2.29. The number of methoxy groups -OCH3 is 1. The van der Waals surface area contributed by atoms with E-state index < -0.39 is 0 Å². The fourth-order valence-corrected chi connectivity index (χ4v) is 3.55. The molecule has 0 saturated carbocycles. The highest BCUT2D eigenvalue weighted by Gasteiger charge is 2.24. The summed E-state index contributed by atoms with van der Waals surface area (Å²) in [5.74, 6) is 6.83. The second-order valence-corrected chi connectivity index (χ2v) is 7.31. The molecular weight excluding hydrogens is 342 g/mol. The number of rotatable bonds is 11. The van der Waals surface area contributed by atoms with Gasteiger partial charge in [-0.3, -0.25) is 15.1 Å². The van der Waals surface area contributed by atoms with E-state index in [-0.39, 0.29) is 11.8 Å². The molecular formula is C21H35N3O3. The Hall–Kier alpha value is -1.79. The SMILES string of the molecule is CCCCCCCOc1ccc(CN2CCC(C(=O)NN)CC2)cc1OC. The van der Waals surface area contributed by atoms with Crippen molar-refractivity contribution in [2.45, 2.75) is 58.4 Å². The molecule has 3 N–H and O–H groups in total. The number of carbonyl (C=O) groups is 1. The minimum absolute atomic E-state index is 0.0360. The van der Waals surface area contributed by atoms with Crippen LogP contribution in [-0.4, -0.2) is 37.6 Å². The quantitative estimate of drug-likeness (QED) is 0.268. The van der Waals surface area contributed by atoms with Crippen molar-refractivity contribution >= 4 is 5.91 Å². The lowest BCUT2D eigenvalue weighted by Crippen LogP contribution is -2.42. The summed E-state index contributed by atoms with van der Waals surface area (Å²) in [6, 6.07) is 6.17. The maximum Gasteiger partial charge on any atom is 0.237 e. The molecule has 0 radical (unpaired) electrons. The summed E-state index contributed by atoms with van der Waals surface area (Å²) in [5.41, 5.74) is 3.46. The predicted octanol–water partition coefficient (Wildman–Crippen LogP) is 3.25. The van der Waals surface area contributed by atoms with Crippen molar-refractivity contribution in [3.05, 3.63) is 23.8 Å². The van der Waals surface area contributed by atoms with Crippen molar-refractivity contribution in [1.82, 2.24) is 10.3 Å². The molecule has 6 nitrogen and oxygen atoms in total. The van der Waals surface area contributed by atoms with Gasteiger partial charge >= 0.3 is 0 Å². The molecule has 0 aromatic heterocycles. The van der Waals surface area contributed by atoms with Gasteiger partial charge in [-0.1, -0.05) is 38.7 Å². The van der Waals surface area contributed by atoms with Crippen molar-refractivity contribution in [3.63, 3.8) is 0 Å². The molecule has 0 spiro atoms. The summed E-state index contributed by atoms with van der Waals surface area (Å²) >= 11 is 0. The van der Waals surface area contributed by atoms with Gasteiger partial charge in [-0.05, 0) is 50.0 Å². The Morgan fingerprint density at radius 1 is 1.19 bits per heavy atom. The van der Waals surface area contributed by atoms with Gasteiger partial charge in [0.2, 0.25) is 5.91 Å². The first-order chi connectivity index (χ1) is 13.2. The maximum atomic E-state index is 11.6. The number of amides is 1. The van der Waals surface area contributed by atoms with Crippen molar-refractivity contribution < 1.29 is 14.3 Å². The molecule has 1 amide bonds. The van der Waals surface area contributed by atoms with E-state index in [9.17, 15) is 4.79 Å². The molecule has 0 atom stereocenters. The van der Waals surface area contributed by atoms with Gasteiger partial charge in [0.1, 0.15) is 0 Å². The molecule has 1 aliphatic rings. The number of unbranched alkanes of at least 4 members (excludes halogenated alkanes) is 4. The second-order valence-electron chi connectivity index (χ2n) is 7.31. The van der Waals surface area contributed by atoms with E-state index in [2.05, 4.69) is 29.4 Å². The van der Waals surface area contributed by atoms with Crippen LogP contribution in [-0.2, 0) is 11.3 Å². The standard InChI is InChI=1S/C21H35N3O3/c1-3-4-5-6-7-14-27-19-9-8-17(15-20(19)26-2)16-24-12-10-18(11-13-24)21(25)23-22/h8-9,15,18H,3-7,10-14,16,22H2,1-2H3,(H,23,25). The monoisotopic (exact) mass is 377 g/mol. The van der Waals surface area contributed by atoms with E-state index in [4.69, 9.17) is 15.3 Å². The maximum absolute atomic E-state index is 11.6. The van der Waals surface area contributed by atoms with E-state index in [0.717, 1.165) is 57.0 Å². The zero-order chi connectivity index (χ0) is 19.5. The Bertz CT molecular complexity index is 572. The molecule has 152 valence electrons. The van der Waals surface area contributed by atoms with Gasteiger partial charge in [0.25, 0.3) is 0 Å². The average Bonchev–Trinajstić information content (AvgIpc) is 2.71. The van der Waals surface area contributed by atoms with Crippen LogP contribution < -0.4 is 20.7 Å². The van der Waals surface area contributed by atoms with Gasteiger partial charge in [-0.25, -0.2) is 5.84 Å². The number of likely N-dealkylation sites (tertiary alicyclic amines) is 1. The number of carbonyl (C=O) groups excluding carboxylic acids is 1. The van der Waals surface area contributed by atoms with Crippen LogP contribution in [0.15, 0.2) is 18.2 Å². The first-order valence-corrected chi connectivity index (χ1v) is 10.2. The van der Waals surface area contributed by atoms with Crippen LogP contribution in [0, 0.1) is 5.92 Å². The molecule has 1 aromatic carbocycles. The van der Waals surface area contributed by atoms with Crippen LogP contribution in [0.3, 0.4) is 0 Å². The summed E-state index contributed by atoms with van der Waals surface area (Å²) in [5, 5.41) is 0. The lowest BCUT2D eigenvalue weighted by atomic mass is 9.96.